The number of aromatic nitrogens is 2. The van der Waals surface area contributed by atoms with Gasteiger partial charge in [-0.15, -0.1) is 0 Å². The molecule has 2 atom stereocenters. The summed E-state index contributed by atoms with van der Waals surface area (Å²) in [6.45, 7) is 2.19. The minimum absolute atomic E-state index is 0.0547. The van der Waals surface area contributed by atoms with E-state index in [0.717, 1.165) is 0 Å². The molecule has 1 fully saturated rings. The lowest BCUT2D eigenvalue weighted by Crippen LogP contribution is -2.52. The third-order valence-electron chi connectivity index (χ3n) is 4.11. The van der Waals surface area contributed by atoms with Gasteiger partial charge in [0.25, 0.3) is 6.43 Å². The van der Waals surface area contributed by atoms with Crippen LogP contribution in [0, 0.1) is 5.82 Å². The number of aromatic amines is 1. The number of benzene rings is 1. The summed E-state index contributed by atoms with van der Waals surface area (Å²) >= 11 is 11.0. The molecule has 3 rings (SSSR count). The highest BCUT2D eigenvalue weighted by molar-refractivity contribution is 7.80. The monoisotopic (exact) mass is 404 g/mol. The summed E-state index contributed by atoms with van der Waals surface area (Å²) in [5.74, 6) is -0.494. The van der Waals surface area contributed by atoms with Gasteiger partial charge in [-0.2, -0.15) is 5.10 Å². The number of hydrogen-bond donors (Lipinski definition) is 3. The molecule has 140 valence electrons. The lowest BCUT2D eigenvalue weighted by molar-refractivity contribution is 0.0857. The minimum Gasteiger partial charge on any atom is -0.372 e. The fourth-order valence-electron chi connectivity index (χ4n) is 2.85. The Bertz CT molecular complexity index is 819. The maximum absolute atomic E-state index is 14.4. The van der Waals surface area contributed by atoms with Crippen molar-refractivity contribution in [2.24, 2.45) is 0 Å². The topological polar surface area (TPSA) is 62.0 Å². The Morgan fingerprint density at radius 3 is 2.81 bits per heavy atom. The van der Waals surface area contributed by atoms with E-state index in [1.165, 1.54) is 24.4 Å². The smallest absolute Gasteiger partial charge is 0.264 e. The molecule has 1 saturated heterocycles. The SMILES string of the molecule is C[C@@]1(c2cc(NC(c3[nH]ncc3Cl)C(F)F)ccc2F)COCC(=S)N1. The predicted octanol–water partition coefficient (Wildman–Crippen LogP) is 3.78. The van der Waals surface area contributed by atoms with Crippen LogP contribution in [-0.4, -0.2) is 34.8 Å². The van der Waals surface area contributed by atoms with Crippen molar-refractivity contribution in [1.82, 2.24) is 15.5 Å². The van der Waals surface area contributed by atoms with E-state index in [1.807, 2.05) is 0 Å². The van der Waals surface area contributed by atoms with Crippen molar-refractivity contribution in [1.29, 1.82) is 0 Å². The van der Waals surface area contributed by atoms with Crippen LogP contribution in [-0.2, 0) is 10.3 Å². The van der Waals surface area contributed by atoms with Crippen molar-refractivity contribution in [2.75, 3.05) is 18.5 Å². The van der Waals surface area contributed by atoms with Crippen LogP contribution in [0.5, 0.6) is 0 Å². The highest BCUT2D eigenvalue weighted by Gasteiger charge is 2.34. The third-order valence-corrected chi connectivity index (χ3v) is 4.63. The minimum atomic E-state index is -2.76. The zero-order valence-corrected chi connectivity index (χ0v) is 15.2. The molecule has 10 heteroatoms. The van der Waals surface area contributed by atoms with Crippen LogP contribution in [0.2, 0.25) is 5.02 Å². The summed E-state index contributed by atoms with van der Waals surface area (Å²) in [4.78, 5) is 0.450. The van der Waals surface area contributed by atoms with Crippen LogP contribution < -0.4 is 10.6 Å². The summed E-state index contributed by atoms with van der Waals surface area (Å²) in [6.07, 6.45) is -1.52. The van der Waals surface area contributed by atoms with Crippen LogP contribution in [0.1, 0.15) is 24.2 Å². The highest BCUT2D eigenvalue weighted by Crippen LogP contribution is 2.32. The molecule has 0 radical (unpaired) electrons. The van der Waals surface area contributed by atoms with Gasteiger partial charge in [0.05, 0.1) is 35.7 Å². The maximum atomic E-state index is 14.4. The molecule has 0 saturated carbocycles. The molecule has 1 aliphatic heterocycles. The first-order valence-electron chi connectivity index (χ1n) is 7.72. The molecule has 26 heavy (non-hydrogen) atoms. The molecule has 3 N–H and O–H groups in total. The van der Waals surface area contributed by atoms with Gasteiger partial charge >= 0.3 is 0 Å². The van der Waals surface area contributed by atoms with E-state index >= 15 is 0 Å². The second-order valence-electron chi connectivity index (χ2n) is 6.16. The van der Waals surface area contributed by atoms with Crippen molar-refractivity contribution in [2.45, 2.75) is 24.9 Å². The van der Waals surface area contributed by atoms with Gasteiger partial charge in [-0.05, 0) is 25.1 Å². The molecule has 1 aromatic carbocycles. The molecule has 2 aromatic rings. The summed E-state index contributed by atoms with van der Waals surface area (Å²) < 4.78 is 46.8. The van der Waals surface area contributed by atoms with Gasteiger partial charge in [0, 0.05) is 11.3 Å². The molecular weight excluding hydrogens is 389 g/mol. The summed E-state index contributed by atoms with van der Waals surface area (Å²) in [7, 11) is 0. The average molecular weight is 405 g/mol. The van der Waals surface area contributed by atoms with Gasteiger partial charge in [-0.3, -0.25) is 5.10 Å². The van der Waals surface area contributed by atoms with Gasteiger partial charge in [-0.1, -0.05) is 23.8 Å². The van der Waals surface area contributed by atoms with Crippen molar-refractivity contribution >= 4 is 34.5 Å². The third kappa shape index (κ3) is 3.79. The maximum Gasteiger partial charge on any atom is 0.264 e. The largest absolute Gasteiger partial charge is 0.372 e. The number of nitrogens with zero attached hydrogens (tertiary/aromatic N) is 1. The van der Waals surface area contributed by atoms with E-state index in [9.17, 15) is 13.2 Å². The van der Waals surface area contributed by atoms with Crippen LogP contribution in [0.3, 0.4) is 0 Å². The second kappa shape index (κ2) is 7.42. The Morgan fingerprint density at radius 2 is 2.19 bits per heavy atom. The summed E-state index contributed by atoms with van der Waals surface area (Å²) in [6, 6.07) is 2.62. The number of hydrogen-bond acceptors (Lipinski definition) is 4. The normalized spacial score (nSPS) is 21.5. The van der Waals surface area contributed by atoms with Crippen molar-refractivity contribution in [3.05, 3.63) is 46.5 Å². The zero-order chi connectivity index (χ0) is 18.9. The Hall–Kier alpha value is -1.84. The van der Waals surface area contributed by atoms with Gasteiger partial charge in [0.15, 0.2) is 0 Å². The summed E-state index contributed by atoms with van der Waals surface area (Å²) in [5.41, 5.74) is -0.285. The number of nitrogens with one attached hydrogen (secondary N) is 3. The van der Waals surface area contributed by atoms with Gasteiger partial charge in [-0.25, -0.2) is 13.2 Å². The summed E-state index contributed by atoms with van der Waals surface area (Å²) in [5, 5.41) is 11.9. The van der Waals surface area contributed by atoms with Crippen LogP contribution in [0.25, 0.3) is 0 Å². The second-order valence-corrected chi connectivity index (χ2v) is 7.06. The van der Waals surface area contributed by atoms with E-state index in [2.05, 4.69) is 20.8 Å². The molecule has 0 aliphatic carbocycles. The Morgan fingerprint density at radius 1 is 1.42 bits per heavy atom. The fourth-order valence-corrected chi connectivity index (χ4v) is 3.37. The highest BCUT2D eigenvalue weighted by atomic mass is 35.5. The van der Waals surface area contributed by atoms with Gasteiger partial charge in [0.1, 0.15) is 16.8 Å². The lowest BCUT2D eigenvalue weighted by Gasteiger charge is -2.36. The molecule has 0 spiro atoms. The molecule has 0 bridgehead atoms. The first-order valence-corrected chi connectivity index (χ1v) is 8.51. The van der Waals surface area contributed by atoms with Crippen molar-refractivity contribution in [3.63, 3.8) is 0 Å². The number of morpholine rings is 1. The van der Waals surface area contributed by atoms with E-state index in [0.29, 0.717) is 10.7 Å². The molecule has 0 amide bonds. The standard InChI is InChI=1S/C16H16ClF3N4OS/c1-16(7-25-6-12(26)23-16)9-4-8(2-3-11(9)18)22-14(15(19)20)13-10(17)5-21-24-13/h2-5,14-15,22H,6-7H2,1H3,(H,21,24)(H,23,26)/t14?,16-/m0/s1. The number of halogens is 4. The van der Waals surface area contributed by atoms with Crippen molar-refractivity contribution in [3.8, 4) is 0 Å². The zero-order valence-electron chi connectivity index (χ0n) is 13.7. The molecule has 2 heterocycles. The van der Waals surface area contributed by atoms with Gasteiger partial charge < -0.3 is 15.4 Å². The van der Waals surface area contributed by atoms with Gasteiger partial charge in [0.2, 0.25) is 0 Å². The number of thiocarbonyl (C=S) groups is 1. The predicted molar refractivity (Wildman–Crippen MR) is 96.3 cm³/mol. The number of rotatable bonds is 5. The Kier molecular flexibility index (Phi) is 5.40. The molecular formula is C16H16ClF3N4OS. The quantitative estimate of drug-likeness (QED) is 0.662. The van der Waals surface area contributed by atoms with E-state index < -0.39 is 23.8 Å². The van der Waals surface area contributed by atoms with Crippen LogP contribution in [0.4, 0.5) is 18.9 Å². The number of anilines is 1. The van der Waals surface area contributed by atoms with Crippen LogP contribution in [0.15, 0.2) is 24.4 Å². The molecule has 1 aromatic heterocycles. The molecule has 1 aliphatic rings. The first kappa shape index (κ1) is 18.9. The number of H-pyrrole nitrogens is 1. The fraction of sp³-hybridized carbons (Fsp3) is 0.375. The van der Waals surface area contributed by atoms with E-state index in [-0.39, 0.29) is 29.5 Å². The molecule has 1 unspecified atom stereocenters. The number of ether oxygens (including phenoxy) is 1. The average Bonchev–Trinajstić information content (AvgIpc) is 2.99. The van der Waals surface area contributed by atoms with E-state index in [1.54, 1.807) is 6.92 Å². The Balaban J connectivity index is 1.92. The molecule has 5 nitrogen and oxygen atoms in total. The lowest BCUT2D eigenvalue weighted by atomic mass is 9.91. The van der Waals surface area contributed by atoms with Crippen LogP contribution >= 0.6 is 23.8 Å². The van der Waals surface area contributed by atoms with E-state index in [4.69, 9.17) is 28.6 Å². The first-order chi connectivity index (χ1) is 12.3. The Labute approximate surface area is 158 Å². The van der Waals surface area contributed by atoms with Crippen molar-refractivity contribution < 1.29 is 17.9 Å². The number of alkyl halides is 2.